The lowest BCUT2D eigenvalue weighted by molar-refractivity contribution is -0.380. The molecule has 2 rings (SSSR count). The zero-order valence-electron chi connectivity index (χ0n) is 11.2. The minimum absolute atomic E-state index is 0.0271. The molecule has 0 spiro atoms. The lowest BCUT2D eigenvalue weighted by atomic mass is 9.98. The molecule has 20 heavy (non-hydrogen) atoms. The fourth-order valence-corrected chi connectivity index (χ4v) is 3.07. The standard InChI is InChI=1S/C12H17N3O4S/c1-19-8-12(3-2-4-14-12)7-13-11(16)9-5-10(15(17)18)20-6-9/h5-6,14H,2-4,7-8H2,1H3,(H,13,16). The van der Waals surface area contributed by atoms with Gasteiger partial charge in [-0.1, -0.05) is 11.3 Å². The summed E-state index contributed by atoms with van der Waals surface area (Å²) in [6.45, 7) is 1.88. The van der Waals surface area contributed by atoms with Crippen LogP contribution in [-0.2, 0) is 4.74 Å². The van der Waals surface area contributed by atoms with E-state index in [4.69, 9.17) is 4.74 Å². The summed E-state index contributed by atoms with van der Waals surface area (Å²) in [5.74, 6) is -0.293. The fraction of sp³-hybridized carbons (Fsp3) is 0.583. The van der Waals surface area contributed by atoms with Crippen molar-refractivity contribution in [2.24, 2.45) is 0 Å². The van der Waals surface area contributed by atoms with Crippen LogP contribution >= 0.6 is 11.3 Å². The maximum Gasteiger partial charge on any atom is 0.324 e. The molecule has 0 saturated carbocycles. The number of nitrogens with zero attached hydrogens (tertiary/aromatic N) is 1. The predicted molar refractivity (Wildman–Crippen MR) is 75.2 cm³/mol. The molecule has 8 heteroatoms. The summed E-state index contributed by atoms with van der Waals surface area (Å²) >= 11 is 0.953. The molecule has 1 atom stereocenters. The van der Waals surface area contributed by atoms with Crippen molar-refractivity contribution in [2.75, 3.05) is 26.8 Å². The smallest absolute Gasteiger partial charge is 0.324 e. The van der Waals surface area contributed by atoms with E-state index < -0.39 is 4.92 Å². The molecule has 2 N–H and O–H groups in total. The number of nitrogens with one attached hydrogen (secondary N) is 2. The quantitative estimate of drug-likeness (QED) is 0.607. The normalized spacial score (nSPS) is 21.9. The van der Waals surface area contributed by atoms with Crippen LogP contribution in [0.5, 0.6) is 0 Å². The number of hydrogen-bond acceptors (Lipinski definition) is 6. The fourth-order valence-electron chi connectivity index (χ4n) is 2.36. The molecule has 0 aliphatic carbocycles. The van der Waals surface area contributed by atoms with E-state index in [0.717, 1.165) is 30.7 Å². The second-order valence-corrected chi connectivity index (χ2v) is 5.75. The van der Waals surface area contributed by atoms with Crippen LogP contribution in [0.4, 0.5) is 5.00 Å². The van der Waals surface area contributed by atoms with Crippen molar-refractivity contribution in [2.45, 2.75) is 18.4 Å². The average Bonchev–Trinajstić information content (AvgIpc) is 3.06. The van der Waals surface area contributed by atoms with Crippen molar-refractivity contribution >= 4 is 22.2 Å². The highest BCUT2D eigenvalue weighted by atomic mass is 32.1. The average molecular weight is 299 g/mol. The number of amides is 1. The molecular formula is C12H17N3O4S. The van der Waals surface area contributed by atoms with Crippen molar-refractivity contribution in [1.29, 1.82) is 0 Å². The topological polar surface area (TPSA) is 93.5 Å². The molecule has 110 valence electrons. The maximum absolute atomic E-state index is 12.0. The summed E-state index contributed by atoms with van der Waals surface area (Å²) in [6, 6.07) is 1.30. The zero-order valence-corrected chi connectivity index (χ0v) is 12.0. The Kier molecular flexibility index (Phi) is 4.69. The Balaban J connectivity index is 1.95. The third-order valence-electron chi connectivity index (χ3n) is 3.37. The van der Waals surface area contributed by atoms with Gasteiger partial charge >= 0.3 is 5.00 Å². The molecule has 1 aliphatic rings. The summed E-state index contributed by atoms with van der Waals surface area (Å²) in [5, 5.41) is 18.2. The first-order valence-corrected chi connectivity index (χ1v) is 7.19. The Morgan fingerprint density at radius 2 is 2.50 bits per heavy atom. The molecule has 0 bridgehead atoms. The maximum atomic E-state index is 12.0. The minimum atomic E-state index is -0.494. The Hall–Kier alpha value is -1.51. The Labute approximate surface area is 120 Å². The molecule has 1 aromatic heterocycles. The van der Waals surface area contributed by atoms with Gasteiger partial charge in [-0.2, -0.15) is 0 Å². The van der Waals surface area contributed by atoms with Crippen LogP contribution in [0, 0.1) is 10.1 Å². The SMILES string of the molecule is COCC1(CNC(=O)c2csc([N+](=O)[O-])c2)CCCN1. The molecule has 2 heterocycles. The molecule has 1 amide bonds. The lowest BCUT2D eigenvalue weighted by Crippen LogP contribution is -2.52. The van der Waals surface area contributed by atoms with Crippen molar-refractivity contribution < 1.29 is 14.5 Å². The van der Waals surface area contributed by atoms with Crippen LogP contribution in [0.15, 0.2) is 11.4 Å². The van der Waals surface area contributed by atoms with Gasteiger partial charge in [-0.15, -0.1) is 0 Å². The minimum Gasteiger partial charge on any atom is -0.383 e. The van der Waals surface area contributed by atoms with Crippen LogP contribution < -0.4 is 10.6 Å². The van der Waals surface area contributed by atoms with Crippen LogP contribution in [0.25, 0.3) is 0 Å². The highest BCUT2D eigenvalue weighted by Crippen LogP contribution is 2.23. The first-order valence-electron chi connectivity index (χ1n) is 6.31. The highest BCUT2D eigenvalue weighted by molar-refractivity contribution is 7.13. The molecule has 7 nitrogen and oxygen atoms in total. The summed E-state index contributed by atoms with van der Waals surface area (Å²) in [6.07, 6.45) is 1.98. The van der Waals surface area contributed by atoms with Crippen LogP contribution in [0.2, 0.25) is 0 Å². The molecule has 0 aromatic carbocycles. The number of rotatable bonds is 6. The van der Waals surface area contributed by atoms with Gasteiger partial charge in [0.15, 0.2) is 0 Å². The van der Waals surface area contributed by atoms with E-state index in [1.807, 2.05) is 0 Å². The number of nitro groups is 1. The summed E-state index contributed by atoms with van der Waals surface area (Å²) in [5.41, 5.74) is 0.0964. The van der Waals surface area contributed by atoms with Gasteiger partial charge in [0.05, 0.1) is 22.6 Å². The van der Waals surface area contributed by atoms with Crippen molar-refractivity contribution in [3.63, 3.8) is 0 Å². The molecule has 1 saturated heterocycles. The largest absolute Gasteiger partial charge is 0.383 e. The first kappa shape index (κ1) is 14.9. The number of ether oxygens (including phenoxy) is 1. The van der Waals surface area contributed by atoms with Gasteiger partial charge in [-0.25, -0.2) is 0 Å². The monoisotopic (exact) mass is 299 g/mol. The summed E-state index contributed by atoms with van der Waals surface area (Å²) in [7, 11) is 1.63. The predicted octanol–water partition coefficient (Wildman–Crippen LogP) is 1.15. The van der Waals surface area contributed by atoms with Gasteiger partial charge in [0, 0.05) is 25.1 Å². The van der Waals surface area contributed by atoms with Gasteiger partial charge in [0.25, 0.3) is 5.91 Å². The van der Waals surface area contributed by atoms with E-state index >= 15 is 0 Å². The third-order valence-corrected chi connectivity index (χ3v) is 4.25. The zero-order chi connectivity index (χ0) is 14.6. The van der Waals surface area contributed by atoms with E-state index in [1.54, 1.807) is 7.11 Å². The van der Waals surface area contributed by atoms with E-state index in [-0.39, 0.29) is 16.4 Å². The van der Waals surface area contributed by atoms with Crippen molar-refractivity contribution in [3.8, 4) is 0 Å². The van der Waals surface area contributed by atoms with E-state index in [2.05, 4.69) is 10.6 Å². The van der Waals surface area contributed by atoms with Crippen LogP contribution in [0.1, 0.15) is 23.2 Å². The van der Waals surface area contributed by atoms with Crippen molar-refractivity contribution in [1.82, 2.24) is 10.6 Å². The van der Waals surface area contributed by atoms with E-state index in [0.29, 0.717) is 18.7 Å². The second-order valence-electron chi connectivity index (χ2n) is 4.86. The van der Waals surface area contributed by atoms with Gasteiger partial charge in [-0.05, 0) is 19.4 Å². The number of methoxy groups -OCH3 is 1. The first-order chi connectivity index (χ1) is 9.56. The van der Waals surface area contributed by atoms with Gasteiger partial charge in [-0.3, -0.25) is 14.9 Å². The molecule has 1 aromatic rings. The van der Waals surface area contributed by atoms with Crippen molar-refractivity contribution in [3.05, 3.63) is 27.1 Å². The number of hydrogen-bond donors (Lipinski definition) is 2. The van der Waals surface area contributed by atoms with E-state index in [1.165, 1.54) is 11.4 Å². The second kappa shape index (κ2) is 6.29. The summed E-state index contributed by atoms with van der Waals surface area (Å²) in [4.78, 5) is 22.1. The molecule has 0 radical (unpaired) electrons. The van der Waals surface area contributed by atoms with E-state index in [9.17, 15) is 14.9 Å². The van der Waals surface area contributed by atoms with Crippen LogP contribution in [-0.4, -0.2) is 43.2 Å². The van der Waals surface area contributed by atoms with Gasteiger partial charge in [0.2, 0.25) is 0 Å². The highest BCUT2D eigenvalue weighted by Gasteiger charge is 2.34. The van der Waals surface area contributed by atoms with Crippen LogP contribution in [0.3, 0.4) is 0 Å². The third kappa shape index (κ3) is 3.33. The molecule has 1 fully saturated rings. The molecule has 1 aliphatic heterocycles. The van der Waals surface area contributed by atoms with Gasteiger partial charge < -0.3 is 15.4 Å². The summed E-state index contributed by atoms with van der Waals surface area (Å²) < 4.78 is 5.20. The number of thiophene rings is 1. The number of carbonyl (C=O) groups excluding carboxylic acids is 1. The number of carbonyl (C=O) groups is 1. The lowest BCUT2D eigenvalue weighted by Gasteiger charge is -2.28. The Morgan fingerprint density at radius 3 is 3.05 bits per heavy atom. The molecule has 1 unspecified atom stereocenters. The Morgan fingerprint density at radius 1 is 1.70 bits per heavy atom. The Bertz CT molecular complexity index is 497. The molecular weight excluding hydrogens is 282 g/mol. The van der Waals surface area contributed by atoms with Gasteiger partial charge in [0.1, 0.15) is 0 Å².